The quantitative estimate of drug-likeness (QED) is 0.701. The maximum atomic E-state index is 5.69. The summed E-state index contributed by atoms with van der Waals surface area (Å²) in [5, 5.41) is 5.11. The highest BCUT2D eigenvalue weighted by Gasteiger charge is 2.07. The van der Waals surface area contributed by atoms with Crippen molar-refractivity contribution >= 4 is 11.0 Å². The van der Waals surface area contributed by atoms with E-state index in [1.165, 1.54) is 6.33 Å². The van der Waals surface area contributed by atoms with Gasteiger partial charge in [-0.3, -0.25) is 0 Å². The largest absolute Gasteiger partial charge is 0.464 e. The lowest BCUT2D eigenvalue weighted by molar-refractivity contribution is 0.611. The van der Waals surface area contributed by atoms with Gasteiger partial charge >= 0.3 is 0 Å². The van der Waals surface area contributed by atoms with E-state index in [1.807, 2.05) is 18.2 Å². The number of nitrogens with two attached hydrogens (primary N) is 1. The summed E-state index contributed by atoms with van der Waals surface area (Å²) in [6, 6.07) is 5.86. The van der Waals surface area contributed by atoms with Gasteiger partial charge in [-0.1, -0.05) is 0 Å². The molecular weight excluding hydrogens is 204 g/mol. The molecule has 0 atom stereocenters. The number of hydrogen-bond donors (Lipinski definition) is 1. The van der Waals surface area contributed by atoms with Crippen molar-refractivity contribution in [2.45, 2.75) is 6.54 Å². The summed E-state index contributed by atoms with van der Waals surface area (Å²) in [4.78, 5) is 3.92. The van der Waals surface area contributed by atoms with Crippen molar-refractivity contribution in [2.24, 2.45) is 5.73 Å². The first-order valence-corrected chi connectivity index (χ1v) is 4.93. The van der Waals surface area contributed by atoms with Gasteiger partial charge in [-0.15, -0.1) is 0 Å². The zero-order valence-electron chi connectivity index (χ0n) is 8.50. The highest BCUT2D eigenvalue weighted by atomic mass is 16.3. The predicted molar refractivity (Wildman–Crippen MR) is 59.0 cm³/mol. The molecular formula is C11H10N4O. The number of aromatic nitrogens is 3. The summed E-state index contributed by atoms with van der Waals surface area (Å²) in [7, 11) is 0. The van der Waals surface area contributed by atoms with E-state index in [0.717, 1.165) is 22.2 Å². The molecule has 0 amide bonds. The Kier molecular flexibility index (Phi) is 1.97. The standard InChI is InChI=1S/C11H10N4O/c12-5-9-4-10(15-7-13-6-14-15)3-8-1-2-16-11(8)9/h1-4,6-7H,5,12H2. The van der Waals surface area contributed by atoms with Crippen LogP contribution in [0.3, 0.4) is 0 Å². The molecule has 5 nitrogen and oxygen atoms in total. The first kappa shape index (κ1) is 9.11. The van der Waals surface area contributed by atoms with E-state index in [4.69, 9.17) is 10.2 Å². The molecule has 16 heavy (non-hydrogen) atoms. The summed E-state index contributed by atoms with van der Waals surface area (Å²) >= 11 is 0. The topological polar surface area (TPSA) is 69.9 Å². The van der Waals surface area contributed by atoms with Crippen LogP contribution < -0.4 is 5.73 Å². The van der Waals surface area contributed by atoms with Gasteiger partial charge in [-0.25, -0.2) is 9.67 Å². The Labute approximate surface area is 91.5 Å². The lowest BCUT2D eigenvalue weighted by Crippen LogP contribution is -2.00. The van der Waals surface area contributed by atoms with Crippen LogP contribution in [0, 0.1) is 0 Å². The van der Waals surface area contributed by atoms with Crippen LogP contribution in [0.5, 0.6) is 0 Å². The Balaban J connectivity index is 2.27. The molecule has 0 unspecified atom stereocenters. The lowest BCUT2D eigenvalue weighted by Gasteiger charge is -2.04. The number of fused-ring (bicyclic) bond motifs is 1. The van der Waals surface area contributed by atoms with Crippen molar-refractivity contribution in [2.75, 3.05) is 0 Å². The zero-order chi connectivity index (χ0) is 11.0. The molecule has 0 aliphatic heterocycles. The second kappa shape index (κ2) is 3.46. The summed E-state index contributed by atoms with van der Waals surface area (Å²) in [6.45, 7) is 0.437. The number of hydrogen-bond acceptors (Lipinski definition) is 4. The van der Waals surface area contributed by atoms with Crippen LogP contribution >= 0.6 is 0 Å². The van der Waals surface area contributed by atoms with Crippen LogP contribution in [0.1, 0.15) is 5.56 Å². The van der Waals surface area contributed by atoms with Crippen LogP contribution in [-0.4, -0.2) is 14.8 Å². The van der Waals surface area contributed by atoms with Crippen molar-refractivity contribution in [3.63, 3.8) is 0 Å². The molecule has 0 saturated carbocycles. The number of furan rings is 1. The molecule has 2 heterocycles. The van der Waals surface area contributed by atoms with Crippen LogP contribution in [0.25, 0.3) is 16.7 Å². The molecule has 0 spiro atoms. The Hall–Kier alpha value is -2.14. The highest BCUT2D eigenvalue weighted by molar-refractivity contribution is 5.82. The van der Waals surface area contributed by atoms with E-state index in [9.17, 15) is 0 Å². The van der Waals surface area contributed by atoms with Crippen molar-refractivity contribution in [3.8, 4) is 5.69 Å². The minimum absolute atomic E-state index is 0.437. The van der Waals surface area contributed by atoms with Crippen molar-refractivity contribution in [1.29, 1.82) is 0 Å². The zero-order valence-corrected chi connectivity index (χ0v) is 8.50. The second-order valence-corrected chi connectivity index (χ2v) is 3.49. The van der Waals surface area contributed by atoms with Gasteiger partial charge in [0.2, 0.25) is 0 Å². The van der Waals surface area contributed by atoms with E-state index in [0.29, 0.717) is 6.54 Å². The fourth-order valence-electron chi connectivity index (χ4n) is 1.76. The molecule has 0 bridgehead atoms. The number of rotatable bonds is 2. The van der Waals surface area contributed by atoms with Gasteiger partial charge in [0.15, 0.2) is 0 Å². The molecule has 3 aromatic rings. The molecule has 0 aliphatic rings. The first-order valence-electron chi connectivity index (χ1n) is 4.93. The van der Waals surface area contributed by atoms with E-state index < -0.39 is 0 Å². The molecule has 0 radical (unpaired) electrons. The van der Waals surface area contributed by atoms with Crippen LogP contribution in [0.4, 0.5) is 0 Å². The molecule has 80 valence electrons. The third kappa shape index (κ3) is 1.30. The maximum absolute atomic E-state index is 5.69. The van der Waals surface area contributed by atoms with E-state index >= 15 is 0 Å². The van der Waals surface area contributed by atoms with E-state index in [-0.39, 0.29) is 0 Å². The number of nitrogens with zero attached hydrogens (tertiary/aromatic N) is 3. The van der Waals surface area contributed by atoms with Gasteiger partial charge in [0, 0.05) is 17.5 Å². The average molecular weight is 214 g/mol. The van der Waals surface area contributed by atoms with Gasteiger partial charge in [0.05, 0.1) is 12.0 Å². The molecule has 0 aliphatic carbocycles. The third-order valence-corrected chi connectivity index (χ3v) is 2.52. The number of benzene rings is 1. The summed E-state index contributed by atoms with van der Waals surface area (Å²) in [5.41, 5.74) is 8.43. The average Bonchev–Trinajstić information content (AvgIpc) is 2.97. The van der Waals surface area contributed by atoms with Gasteiger partial charge in [-0.05, 0) is 18.2 Å². The smallest absolute Gasteiger partial charge is 0.138 e. The fraction of sp³-hybridized carbons (Fsp3) is 0.0909. The van der Waals surface area contributed by atoms with E-state index in [1.54, 1.807) is 17.3 Å². The SMILES string of the molecule is NCc1cc(-n2cncn2)cc2ccoc12. The summed E-state index contributed by atoms with van der Waals surface area (Å²) in [6.07, 6.45) is 4.82. The minimum atomic E-state index is 0.437. The molecule has 0 saturated heterocycles. The van der Waals surface area contributed by atoms with Gasteiger partial charge in [-0.2, -0.15) is 5.10 Å². The first-order chi connectivity index (χ1) is 7.88. The molecule has 3 rings (SSSR count). The Morgan fingerprint density at radius 2 is 2.31 bits per heavy atom. The summed E-state index contributed by atoms with van der Waals surface area (Å²) < 4.78 is 7.09. The van der Waals surface area contributed by atoms with Gasteiger partial charge in [0.25, 0.3) is 0 Å². The molecule has 0 fully saturated rings. The Morgan fingerprint density at radius 1 is 1.38 bits per heavy atom. The van der Waals surface area contributed by atoms with Crippen LogP contribution in [0.15, 0.2) is 41.5 Å². The third-order valence-electron chi connectivity index (χ3n) is 2.52. The van der Waals surface area contributed by atoms with Crippen molar-refractivity contribution < 1.29 is 4.42 Å². The summed E-state index contributed by atoms with van der Waals surface area (Å²) in [5.74, 6) is 0. The van der Waals surface area contributed by atoms with Crippen LogP contribution in [0.2, 0.25) is 0 Å². The second-order valence-electron chi connectivity index (χ2n) is 3.49. The van der Waals surface area contributed by atoms with Gasteiger partial charge < -0.3 is 10.2 Å². The van der Waals surface area contributed by atoms with Crippen molar-refractivity contribution in [3.05, 3.63) is 42.7 Å². The van der Waals surface area contributed by atoms with Gasteiger partial charge in [0.1, 0.15) is 18.2 Å². The maximum Gasteiger partial charge on any atom is 0.138 e. The lowest BCUT2D eigenvalue weighted by atomic mass is 10.1. The molecule has 2 N–H and O–H groups in total. The normalized spacial score (nSPS) is 11.1. The Bertz CT molecular complexity index is 612. The van der Waals surface area contributed by atoms with E-state index in [2.05, 4.69) is 10.1 Å². The molecule has 2 aromatic heterocycles. The predicted octanol–water partition coefficient (Wildman–Crippen LogP) is 1.47. The minimum Gasteiger partial charge on any atom is -0.464 e. The highest BCUT2D eigenvalue weighted by Crippen LogP contribution is 2.23. The fourth-order valence-corrected chi connectivity index (χ4v) is 1.76. The van der Waals surface area contributed by atoms with Crippen LogP contribution in [-0.2, 0) is 6.54 Å². The van der Waals surface area contributed by atoms with Crippen molar-refractivity contribution in [1.82, 2.24) is 14.8 Å². The molecule has 1 aromatic carbocycles. The molecule has 5 heteroatoms. The Morgan fingerprint density at radius 3 is 3.06 bits per heavy atom. The monoisotopic (exact) mass is 214 g/mol.